The van der Waals surface area contributed by atoms with Gasteiger partial charge in [-0.15, -0.1) is 0 Å². The van der Waals surface area contributed by atoms with Crippen molar-refractivity contribution in [1.29, 1.82) is 0 Å². The van der Waals surface area contributed by atoms with Crippen molar-refractivity contribution in [3.63, 3.8) is 0 Å². The number of hydrogen-bond acceptors (Lipinski definition) is 3. The molecule has 3 fully saturated rings. The third-order valence-corrected chi connectivity index (χ3v) is 5.23. The normalized spacial score (nSPS) is 44.3. The fraction of sp³-hybridized carbons (Fsp3) is 0.938. The van der Waals surface area contributed by atoms with Crippen LogP contribution in [0.25, 0.3) is 0 Å². The first kappa shape index (κ1) is 13.4. The van der Waals surface area contributed by atoms with Crippen LogP contribution in [0.1, 0.15) is 59.3 Å². The van der Waals surface area contributed by atoms with Crippen LogP contribution in [0.2, 0.25) is 0 Å². The van der Waals surface area contributed by atoms with E-state index in [9.17, 15) is 4.79 Å². The van der Waals surface area contributed by atoms with Crippen LogP contribution in [0.15, 0.2) is 0 Å². The molecule has 0 amide bonds. The zero-order chi connectivity index (χ0) is 13.6. The van der Waals surface area contributed by atoms with E-state index in [1.807, 2.05) is 0 Å². The van der Waals surface area contributed by atoms with Crippen molar-refractivity contribution < 1.29 is 9.53 Å². The minimum absolute atomic E-state index is 0.0644. The van der Waals surface area contributed by atoms with Gasteiger partial charge in [-0.05, 0) is 49.9 Å². The van der Waals surface area contributed by atoms with Gasteiger partial charge in [0, 0.05) is 12.1 Å². The molecule has 19 heavy (non-hydrogen) atoms. The van der Waals surface area contributed by atoms with Crippen molar-refractivity contribution in [2.75, 3.05) is 0 Å². The first-order valence-electron chi connectivity index (χ1n) is 7.89. The second-order valence-corrected chi connectivity index (χ2v) is 7.86. The molecular formula is C16H27NO2. The lowest BCUT2D eigenvalue weighted by atomic mass is 9.71. The molecule has 3 heteroatoms. The molecule has 0 aromatic rings. The molecule has 0 radical (unpaired) electrons. The Balaban J connectivity index is 1.57. The van der Waals surface area contributed by atoms with E-state index in [0.717, 1.165) is 25.7 Å². The maximum Gasteiger partial charge on any atom is 0.310 e. The van der Waals surface area contributed by atoms with Crippen LogP contribution in [0.4, 0.5) is 0 Å². The van der Waals surface area contributed by atoms with Gasteiger partial charge in [0.15, 0.2) is 0 Å². The maximum absolute atomic E-state index is 12.4. The van der Waals surface area contributed by atoms with Crippen LogP contribution in [0.5, 0.6) is 0 Å². The molecule has 3 nitrogen and oxygen atoms in total. The second-order valence-electron chi connectivity index (χ2n) is 7.86. The highest BCUT2D eigenvalue weighted by atomic mass is 16.5. The molecule has 1 saturated carbocycles. The van der Waals surface area contributed by atoms with Crippen molar-refractivity contribution in [2.45, 2.75) is 77.5 Å². The number of carbonyl (C=O) groups is 1. The molecule has 5 unspecified atom stereocenters. The highest BCUT2D eigenvalue weighted by Gasteiger charge is 2.44. The van der Waals surface area contributed by atoms with Gasteiger partial charge in [-0.3, -0.25) is 4.79 Å². The highest BCUT2D eigenvalue weighted by molar-refractivity contribution is 5.74. The Morgan fingerprint density at radius 2 is 2.00 bits per heavy atom. The number of esters is 1. The van der Waals surface area contributed by atoms with Crippen LogP contribution < -0.4 is 5.32 Å². The van der Waals surface area contributed by atoms with E-state index in [4.69, 9.17) is 4.74 Å². The summed E-state index contributed by atoms with van der Waals surface area (Å²) in [6.07, 6.45) is 6.84. The van der Waals surface area contributed by atoms with Crippen LogP contribution in [-0.4, -0.2) is 24.2 Å². The smallest absolute Gasteiger partial charge is 0.310 e. The largest absolute Gasteiger partial charge is 0.462 e. The van der Waals surface area contributed by atoms with E-state index in [2.05, 4.69) is 26.1 Å². The first-order chi connectivity index (χ1) is 8.93. The van der Waals surface area contributed by atoms with Crippen LogP contribution in [0, 0.1) is 17.3 Å². The highest BCUT2D eigenvalue weighted by Crippen LogP contribution is 2.41. The standard InChI is InChI=1S/C16H27NO2/c1-10-6-12(9-16(2,3)8-10)19-15(18)13-7-11-4-5-14(13)17-11/h10-14,17H,4-9H2,1-3H3. The summed E-state index contributed by atoms with van der Waals surface area (Å²) in [5.74, 6) is 0.855. The van der Waals surface area contributed by atoms with Gasteiger partial charge in [0.25, 0.3) is 0 Å². The Bertz CT molecular complexity index is 366. The molecule has 1 aliphatic carbocycles. The zero-order valence-corrected chi connectivity index (χ0v) is 12.4. The number of fused-ring (bicyclic) bond motifs is 2. The maximum atomic E-state index is 12.4. The van der Waals surface area contributed by atoms with Crippen LogP contribution in [-0.2, 0) is 9.53 Å². The Kier molecular flexibility index (Phi) is 3.36. The lowest BCUT2D eigenvalue weighted by Crippen LogP contribution is -2.37. The monoisotopic (exact) mass is 265 g/mol. The predicted molar refractivity (Wildman–Crippen MR) is 74.7 cm³/mol. The van der Waals surface area contributed by atoms with Crippen molar-refractivity contribution in [1.82, 2.24) is 5.32 Å². The van der Waals surface area contributed by atoms with Gasteiger partial charge in [0.05, 0.1) is 5.92 Å². The van der Waals surface area contributed by atoms with E-state index in [0.29, 0.717) is 23.4 Å². The summed E-state index contributed by atoms with van der Waals surface area (Å²) in [7, 11) is 0. The van der Waals surface area contributed by atoms with E-state index in [1.165, 1.54) is 12.8 Å². The third-order valence-electron chi connectivity index (χ3n) is 5.23. The minimum atomic E-state index is 0.0644. The fourth-order valence-corrected chi connectivity index (χ4v) is 4.68. The van der Waals surface area contributed by atoms with Gasteiger partial charge in [0.2, 0.25) is 0 Å². The Morgan fingerprint density at radius 3 is 2.58 bits per heavy atom. The quantitative estimate of drug-likeness (QED) is 0.780. The molecule has 3 aliphatic rings. The SMILES string of the molecule is CC1CC(OC(=O)C2CC3CCC2N3)CC(C)(C)C1. The number of rotatable bonds is 2. The van der Waals surface area contributed by atoms with Gasteiger partial charge >= 0.3 is 5.97 Å². The van der Waals surface area contributed by atoms with Gasteiger partial charge in [-0.25, -0.2) is 0 Å². The lowest BCUT2D eigenvalue weighted by molar-refractivity contribution is -0.159. The summed E-state index contributed by atoms with van der Waals surface area (Å²) in [4.78, 5) is 12.4. The van der Waals surface area contributed by atoms with Crippen LogP contribution in [0.3, 0.4) is 0 Å². The topological polar surface area (TPSA) is 38.3 Å². The molecule has 0 spiro atoms. The van der Waals surface area contributed by atoms with Crippen LogP contribution >= 0.6 is 0 Å². The van der Waals surface area contributed by atoms with Gasteiger partial charge in [0.1, 0.15) is 6.10 Å². The Morgan fingerprint density at radius 1 is 1.21 bits per heavy atom. The molecule has 2 heterocycles. The van der Waals surface area contributed by atoms with E-state index in [-0.39, 0.29) is 18.0 Å². The Labute approximate surface area is 116 Å². The summed E-state index contributed by atoms with van der Waals surface area (Å²) in [6, 6.07) is 0.968. The number of carbonyl (C=O) groups excluding carboxylic acids is 1. The molecule has 108 valence electrons. The molecule has 1 N–H and O–H groups in total. The van der Waals surface area contributed by atoms with E-state index in [1.54, 1.807) is 0 Å². The second kappa shape index (κ2) is 4.76. The fourth-order valence-electron chi connectivity index (χ4n) is 4.68. The van der Waals surface area contributed by atoms with Crippen molar-refractivity contribution >= 4 is 5.97 Å². The minimum Gasteiger partial charge on any atom is -0.462 e. The summed E-state index contributed by atoms with van der Waals surface area (Å²) >= 11 is 0. The molecule has 2 aliphatic heterocycles. The summed E-state index contributed by atoms with van der Waals surface area (Å²) in [5.41, 5.74) is 0.315. The first-order valence-corrected chi connectivity index (χ1v) is 7.89. The van der Waals surface area contributed by atoms with E-state index < -0.39 is 0 Å². The zero-order valence-electron chi connectivity index (χ0n) is 12.4. The van der Waals surface area contributed by atoms with Gasteiger partial charge in [-0.1, -0.05) is 20.8 Å². The number of nitrogens with one attached hydrogen (secondary N) is 1. The van der Waals surface area contributed by atoms with E-state index >= 15 is 0 Å². The molecule has 2 bridgehead atoms. The van der Waals surface area contributed by atoms with Gasteiger partial charge in [-0.2, -0.15) is 0 Å². The predicted octanol–water partition coefficient (Wildman–Crippen LogP) is 2.88. The Hall–Kier alpha value is -0.570. The molecule has 3 rings (SSSR count). The summed E-state index contributed by atoms with van der Waals surface area (Å²) in [5, 5.41) is 3.52. The van der Waals surface area contributed by atoms with Crippen molar-refractivity contribution in [2.24, 2.45) is 17.3 Å². The molecule has 0 aromatic heterocycles. The van der Waals surface area contributed by atoms with Crippen molar-refractivity contribution in [3.05, 3.63) is 0 Å². The number of ether oxygens (including phenoxy) is 1. The van der Waals surface area contributed by atoms with Crippen molar-refractivity contribution in [3.8, 4) is 0 Å². The van der Waals surface area contributed by atoms with Gasteiger partial charge < -0.3 is 10.1 Å². The lowest BCUT2D eigenvalue weighted by Gasteiger charge is -2.39. The summed E-state index contributed by atoms with van der Waals surface area (Å²) in [6.45, 7) is 6.87. The third kappa shape index (κ3) is 2.81. The summed E-state index contributed by atoms with van der Waals surface area (Å²) < 4.78 is 5.85. The average Bonchev–Trinajstić information content (AvgIpc) is 2.87. The molecular weight excluding hydrogens is 238 g/mol. The molecule has 2 saturated heterocycles. The molecule has 0 aromatic carbocycles. The average molecular weight is 265 g/mol. The number of hydrogen-bond donors (Lipinski definition) is 1. The molecule has 5 atom stereocenters.